The quantitative estimate of drug-likeness (QED) is 0.185. The molecule has 0 saturated carbocycles. The Morgan fingerprint density at radius 1 is 0.923 bits per heavy atom. The molecule has 0 saturated heterocycles. The molecule has 0 aliphatic carbocycles. The van der Waals surface area contributed by atoms with Crippen LogP contribution < -0.4 is 14.8 Å². The van der Waals surface area contributed by atoms with Gasteiger partial charge in [-0.1, -0.05) is 42.3 Å². The molecule has 0 aliphatic rings. The number of hydrogen-bond donors (Lipinski definition) is 1. The summed E-state index contributed by atoms with van der Waals surface area (Å²) in [6.07, 6.45) is 3.78. The zero-order valence-electron chi connectivity index (χ0n) is 23.4. The molecule has 39 heavy (non-hydrogen) atoms. The third-order valence-corrected chi connectivity index (χ3v) is 7.43. The van der Waals surface area contributed by atoms with E-state index in [-0.39, 0.29) is 12.5 Å². The molecule has 0 fully saturated rings. The Labute approximate surface area is 236 Å². The molecule has 0 unspecified atom stereocenters. The van der Waals surface area contributed by atoms with Crippen LogP contribution in [0.4, 0.5) is 0 Å². The largest absolute Gasteiger partial charge is 0.492 e. The maximum absolute atomic E-state index is 12.2. The summed E-state index contributed by atoms with van der Waals surface area (Å²) in [6.45, 7) is 9.92. The Kier molecular flexibility index (Phi) is 9.88. The van der Waals surface area contributed by atoms with E-state index in [0.717, 1.165) is 81.3 Å². The highest BCUT2D eigenvalue weighted by Gasteiger charge is 2.11. The van der Waals surface area contributed by atoms with Gasteiger partial charge in [0.2, 0.25) is 0 Å². The van der Waals surface area contributed by atoms with E-state index in [1.807, 2.05) is 70.2 Å². The maximum Gasteiger partial charge on any atom is 0.257 e. The van der Waals surface area contributed by atoms with Gasteiger partial charge >= 0.3 is 0 Å². The Morgan fingerprint density at radius 3 is 2.49 bits per heavy atom. The minimum Gasteiger partial charge on any atom is -0.492 e. The summed E-state index contributed by atoms with van der Waals surface area (Å²) in [5.41, 5.74) is 6.30. The minimum absolute atomic E-state index is 0.0333. The summed E-state index contributed by atoms with van der Waals surface area (Å²) in [7, 11) is 0. The first-order valence-corrected chi connectivity index (χ1v) is 14.0. The van der Waals surface area contributed by atoms with E-state index < -0.39 is 0 Å². The van der Waals surface area contributed by atoms with Gasteiger partial charge in [-0.05, 0) is 93.1 Å². The highest BCUT2D eigenvalue weighted by Crippen LogP contribution is 2.26. The Hall–Kier alpha value is -3.51. The van der Waals surface area contributed by atoms with Crippen LogP contribution in [-0.2, 0) is 17.8 Å². The number of benzene rings is 3. The van der Waals surface area contributed by atoms with Crippen LogP contribution in [0.25, 0.3) is 11.0 Å². The smallest absolute Gasteiger partial charge is 0.257 e. The molecule has 1 amide bonds. The van der Waals surface area contributed by atoms with Crippen LogP contribution in [0, 0.1) is 27.7 Å². The van der Waals surface area contributed by atoms with Crippen LogP contribution in [0.1, 0.15) is 47.3 Å². The normalized spacial score (nSPS) is 11.1. The van der Waals surface area contributed by atoms with E-state index in [0.29, 0.717) is 19.7 Å². The zero-order valence-corrected chi connectivity index (χ0v) is 24.1. The predicted molar refractivity (Wildman–Crippen MR) is 158 cm³/mol. The third-order valence-electron chi connectivity index (χ3n) is 6.83. The minimum atomic E-state index is -0.0937. The second-order valence-electron chi connectivity index (χ2n) is 10.1. The summed E-state index contributed by atoms with van der Waals surface area (Å²) < 4.78 is 14.0. The monoisotopic (exact) mass is 547 g/mol. The first-order valence-electron chi connectivity index (χ1n) is 13.6. The number of nitrogens with one attached hydrogen (secondary N) is 1. The van der Waals surface area contributed by atoms with Crippen molar-refractivity contribution in [1.29, 1.82) is 0 Å². The first-order chi connectivity index (χ1) is 18.8. The van der Waals surface area contributed by atoms with E-state index in [1.165, 1.54) is 0 Å². The molecular formula is C32H38ClN3O3. The number of rotatable bonds is 13. The predicted octanol–water partition coefficient (Wildman–Crippen LogP) is 6.91. The van der Waals surface area contributed by atoms with E-state index in [9.17, 15) is 4.79 Å². The number of aryl methyl sites for hydroxylation is 5. The topological polar surface area (TPSA) is 65.4 Å². The number of aromatic nitrogens is 2. The van der Waals surface area contributed by atoms with Crippen LogP contribution in [-0.4, -0.2) is 35.2 Å². The second-order valence-corrected chi connectivity index (χ2v) is 10.5. The van der Waals surface area contributed by atoms with Gasteiger partial charge in [0.05, 0.1) is 17.6 Å². The van der Waals surface area contributed by atoms with Gasteiger partial charge in [0, 0.05) is 18.0 Å². The molecule has 1 heterocycles. The van der Waals surface area contributed by atoms with Crippen molar-refractivity contribution in [2.75, 3.05) is 19.8 Å². The fraction of sp³-hybridized carbons (Fsp3) is 0.375. The molecule has 6 nitrogen and oxygen atoms in total. The van der Waals surface area contributed by atoms with Crippen LogP contribution >= 0.6 is 11.6 Å². The average Bonchev–Trinajstić information content (AvgIpc) is 3.27. The number of imidazole rings is 1. The third kappa shape index (κ3) is 7.76. The number of hydrogen-bond acceptors (Lipinski definition) is 4. The Balaban J connectivity index is 1.23. The summed E-state index contributed by atoms with van der Waals surface area (Å²) in [4.78, 5) is 17.1. The van der Waals surface area contributed by atoms with E-state index >= 15 is 0 Å². The molecule has 1 aromatic heterocycles. The van der Waals surface area contributed by atoms with Gasteiger partial charge in [0.25, 0.3) is 5.91 Å². The molecular weight excluding hydrogens is 510 g/mol. The molecule has 3 aromatic carbocycles. The summed E-state index contributed by atoms with van der Waals surface area (Å²) in [5.74, 6) is 2.57. The SMILES string of the molecule is Cc1ccc(C)c(OCC(=O)NCCCCCc2nc3ccccc3n2CCOc2cc(C)c(Cl)c(C)c2)c1. The van der Waals surface area contributed by atoms with Gasteiger partial charge in [-0.3, -0.25) is 4.79 Å². The summed E-state index contributed by atoms with van der Waals surface area (Å²) in [6, 6.07) is 18.2. The molecule has 0 spiro atoms. The summed E-state index contributed by atoms with van der Waals surface area (Å²) in [5, 5.41) is 3.75. The lowest BCUT2D eigenvalue weighted by molar-refractivity contribution is -0.123. The molecule has 0 atom stereocenters. The van der Waals surface area contributed by atoms with Gasteiger partial charge < -0.3 is 19.4 Å². The number of carbonyl (C=O) groups is 1. The Morgan fingerprint density at radius 2 is 1.69 bits per heavy atom. The van der Waals surface area contributed by atoms with Crippen LogP contribution in [0.2, 0.25) is 5.02 Å². The number of carbonyl (C=O) groups excluding carboxylic acids is 1. The van der Waals surface area contributed by atoms with Crippen molar-refractivity contribution in [3.63, 3.8) is 0 Å². The number of unbranched alkanes of at least 4 members (excludes halogenated alkanes) is 2. The highest BCUT2D eigenvalue weighted by atomic mass is 35.5. The van der Waals surface area contributed by atoms with Gasteiger partial charge in [0.1, 0.15) is 23.9 Å². The van der Waals surface area contributed by atoms with Gasteiger partial charge in [0.15, 0.2) is 6.61 Å². The molecule has 1 N–H and O–H groups in total. The number of amides is 1. The van der Waals surface area contributed by atoms with Crippen LogP contribution in [0.15, 0.2) is 54.6 Å². The van der Waals surface area contributed by atoms with Gasteiger partial charge in [-0.2, -0.15) is 0 Å². The number of para-hydroxylation sites is 2. The van der Waals surface area contributed by atoms with Gasteiger partial charge in [-0.25, -0.2) is 4.98 Å². The van der Waals surface area contributed by atoms with Crippen molar-refractivity contribution < 1.29 is 14.3 Å². The number of nitrogens with zero attached hydrogens (tertiary/aromatic N) is 2. The van der Waals surface area contributed by atoms with Crippen LogP contribution in [0.3, 0.4) is 0 Å². The molecule has 0 bridgehead atoms. The average molecular weight is 548 g/mol. The standard InChI is InChI=1S/C32H38ClN3O3/c1-22-13-14-23(2)29(18-22)39-21-31(37)34-15-9-5-6-12-30-35-27-10-7-8-11-28(27)36(30)16-17-38-26-19-24(3)32(33)25(4)20-26/h7-8,10-11,13-14,18-20H,5-6,9,12,15-17,21H2,1-4H3,(H,34,37). The highest BCUT2D eigenvalue weighted by molar-refractivity contribution is 6.32. The number of fused-ring (bicyclic) bond motifs is 1. The van der Waals surface area contributed by atoms with Gasteiger partial charge in [-0.15, -0.1) is 0 Å². The van der Waals surface area contributed by atoms with Crippen molar-refractivity contribution in [2.45, 2.75) is 59.9 Å². The van der Waals surface area contributed by atoms with E-state index in [1.54, 1.807) is 0 Å². The zero-order chi connectivity index (χ0) is 27.8. The first kappa shape index (κ1) is 28.5. The molecule has 0 radical (unpaired) electrons. The maximum atomic E-state index is 12.2. The van der Waals surface area contributed by atoms with Crippen molar-refractivity contribution in [3.05, 3.63) is 87.7 Å². The summed E-state index contributed by atoms with van der Waals surface area (Å²) >= 11 is 6.30. The molecule has 4 aromatic rings. The Bertz CT molecular complexity index is 1410. The lowest BCUT2D eigenvalue weighted by Gasteiger charge is -2.13. The molecule has 0 aliphatic heterocycles. The van der Waals surface area contributed by atoms with E-state index in [2.05, 4.69) is 22.0 Å². The second kappa shape index (κ2) is 13.5. The number of halogens is 1. The molecule has 4 rings (SSSR count). The fourth-order valence-electron chi connectivity index (χ4n) is 4.68. The van der Waals surface area contributed by atoms with Crippen molar-refractivity contribution in [3.8, 4) is 11.5 Å². The lowest BCUT2D eigenvalue weighted by Crippen LogP contribution is -2.29. The lowest BCUT2D eigenvalue weighted by atomic mass is 10.1. The van der Waals surface area contributed by atoms with Crippen molar-refractivity contribution in [2.24, 2.45) is 0 Å². The van der Waals surface area contributed by atoms with Crippen LogP contribution in [0.5, 0.6) is 11.5 Å². The molecule has 7 heteroatoms. The van der Waals surface area contributed by atoms with E-state index in [4.69, 9.17) is 26.1 Å². The fourth-order valence-corrected chi connectivity index (χ4v) is 4.79. The van der Waals surface area contributed by atoms with Crippen molar-refractivity contribution >= 4 is 28.5 Å². The number of ether oxygens (including phenoxy) is 2. The van der Waals surface area contributed by atoms with Crippen molar-refractivity contribution in [1.82, 2.24) is 14.9 Å². The molecule has 206 valence electrons.